The van der Waals surface area contributed by atoms with Gasteiger partial charge in [-0.1, -0.05) is 140 Å². The summed E-state index contributed by atoms with van der Waals surface area (Å²) < 4.78 is 6.82. The molecule has 244 valence electrons. The molecule has 12 rings (SSSR count). The van der Waals surface area contributed by atoms with Crippen molar-refractivity contribution in [1.82, 2.24) is 15.0 Å². The largest absolute Gasteiger partial charge is 0.455 e. The maximum atomic E-state index is 6.82. The summed E-state index contributed by atoms with van der Waals surface area (Å²) in [5.74, 6) is 1.86. The number of hydrogen-bond acceptors (Lipinski definition) is 4. The molecule has 0 unspecified atom stereocenters. The Morgan fingerprint density at radius 2 is 0.943 bits per heavy atom. The van der Waals surface area contributed by atoms with Crippen LogP contribution in [0.25, 0.3) is 121 Å². The number of nitrogens with zero attached hydrogens (tertiary/aromatic N) is 3. The van der Waals surface area contributed by atoms with Crippen LogP contribution >= 0.6 is 0 Å². The van der Waals surface area contributed by atoms with E-state index in [0.717, 1.165) is 55.1 Å². The minimum Gasteiger partial charge on any atom is -0.455 e. The van der Waals surface area contributed by atoms with Gasteiger partial charge in [0.1, 0.15) is 11.2 Å². The van der Waals surface area contributed by atoms with Crippen molar-refractivity contribution < 1.29 is 4.42 Å². The van der Waals surface area contributed by atoms with Gasteiger partial charge in [-0.3, -0.25) is 0 Å². The first-order valence-corrected chi connectivity index (χ1v) is 17.9. The van der Waals surface area contributed by atoms with E-state index in [4.69, 9.17) is 19.4 Å². The molecule has 0 bridgehead atoms. The maximum absolute atomic E-state index is 6.82. The van der Waals surface area contributed by atoms with Crippen LogP contribution in [0.15, 0.2) is 168 Å². The van der Waals surface area contributed by atoms with E-state index in [9.17, 15) is 0 Å². The summed E-state index contributed by atoms with van der Waals surface area (Å²) in [7, 11) is 0. The number of furan rings is 1. The van der Waals surface area contributed by atoms with E-state index in [0.29, 0.717) is 17.5 Å². The number of aromatic nitrogens is 3. The molecule has 0 N–H and O–H groups in total. The Hall–Kier alpha value is -7.17. The van der Waals surface area contributed by atoms with Gasteiger partial charge in [0.2, 0.25) is 0 Å². The van der Waals surface area contributed by atoms with Crippen molar-refractivity contribution in [2.75, 3.05) is 0 Å². The van der Waals surface area contributed by atoms with E-state index >= 15 is 0 Å². The molecule has 0 saturated carbocycles. The lowest BCUT2D eigenvalue weighted by Crippen LogP contribution is -2.01. The summed E-state index contributed by atoms with van der Waals surface area (Å²) in [5.41, 5.74) is 9.13. The molecular weight excluding hydrogens is 647 g/mol. The molecule has 2 aromatic heterocycles. The molecule has 0 aliphatic heterocycles. The zero-order valence-corrected chi connectivity index (χ0v) is 28.3. The first-order valence-electron chi connectivity index (χ1n) is 17.9. The van der Waals surface area contributed by atoms with Crippen molar-refractivity contribution in [1.29, 1.82) is 0 Å². The molecule has 4 heteroatoms. The Morgan fingerprint density at radius 3 is 1.77 bits per heavy atom. The second-order valence-electron chi connectivity index (χ2n) is 13.9. The Balaban J connectivity index is 1.18. The van der Waals surface area contributed by atoms with Crippen LogP contribution in [0.5, 0.6) is 0 Å². The van der Waals surface area contributed by atoms with E-state index < -0.39 is 0 Å². The third-order valence-electron chi connectivity index (χ3n) is 11.0. The Labute approximate surface area is 303 Å². The molecular formula is C49H27N3O. The minimum atomic E-state index is 0.610. The molecule has 53 heavy (non-hydrogen) atoms. The summed E-state index contributed by atoms with van der Waals surface area (Å²) in [5, 5.41) is 11.6. The zero-order valence-electron chi connectivity index (χ0n) is 28.3. The van der Waals surface area contributed by atoms with Crippen molar-refractivity contribution in [3.05, 3.63) is 164 Å². The third-order valence-corrected chi connectivity index (χ3v) is 11.0. The normalized spacial score (nSPS) is 12.2. The topological polar surface area (TPSA) is 51.8 Å². The van der Waals surface area contributed by atoms with Gasteiger partial charge in [0.05, 0.1) is 0 Å². The molecule has 0 saturated heterocycles. The first kappa shape index (κ1) is 28.5. The summed E-state index contributed by atoms with van der Waals surface area (Å²) in [4.78, 5) is 15.9. The number of hydrogen-bond donors (Lipinski definition) is 0. The average Bonchev–Trinajstić information content (AvgIpc) is 3.77. The average molecular weight is 674 g/mol. The van der Waals surface area contributed by atoms with Gasteiger partial charge in [0, 0.05) is 33.0 Å². The molecule has 9 aromatic carbocycles. The first-order chi connectivity index (χ1) is 26.2. The molecule has 1 aliphatic rings. The number of para-hydroxylation sites is 1. The van der Waals surface area contributed by atoms with E-state index in [2.05, 4.69) is 152 Å². The molecule has 0 atom stereocenters. The van der Waals surface area contributed by atoms with Crippen LogP contribution in [0.2, 0.25) is 0 Å². The van der Waals surface area contributed by atoms with Gasteiger partial charge >= 0.3 is 0 Å². The van der Waals surface area contributed by atoms with Crippen molar-refractivity contribution in [3.8, 4) is 56.4 Å². The molecule has 0 spiro atoms. The van der Waals surface area contributed by atoms with Gasteiger partial charge in [-0.2, -0.15) is 0 Å². The Kier molecular flexibility index (Phi) is 5.74. The summed E-state index contributed by atoms with van der Waals surface area (Å²) >= 11 is 0. The Bertz CT molecular complexity index is 3350. The molecule has 11 aromatic rings. The second kappa shape index (κ2) is 10.7. The van der Waals surface area contributed by atoms with Gasteiger partial charge in [-0.15, -0.1) is 0 Å². The van der Waals surface area contributed by atoms with Gasteiger partial charge in [0.15, 0.2) is 17.5 Å². The van der Waals surface area contributed by atoms with Crippen LogP contribution in [0.4, 0.5) is 0 Å². The fourth-order valence-corrected chi connectivity index (χ4v) is 8.55. The summed E-state index contributed by atoms with van der Waals surface area (Å²) in [6, 6.07) is 57.9. The predicted octanol–water partition coefficient (Wildman–Crippen LogP) is 13.0. The van der Waals surface area contributed by atoms with Gasteiger partial charge < -0.3 is 4.42 Å². The van der Waals surface area contributed by atoms with E-state index in [-0.39, 0.29) is 0 Å². The SMILES string of the molecule is c1ccc2cc(-c3nc(-c4ccc5ccc6ccccc6c5c4)nc(-c4cc5c(c6oc7ccccc7c46)-c4cccc6cccc-5c46)n3)ccc2c1. The lowest BCUT2D eigenvalue weighted by molar-refractivity contribution is 0.670. The third kappa shape index (κ3) is 4.15. The van der Waals surface area contributed by atoms with Gasteiger partial charge in [-0.05, 0) is 84.0 Å². The molecule has 1 aliphatic carbocycles. The van der Waals surface area contributed by atoms with Crippen LogP contribution < -0.4 is 0 Å². The molecule has 0 radical (unpaired) electrons. The van der Waals surface area contributed by atoms with Gasteiger partial charge in [-0.25, -0.2) is 15.0 Å². The highest BCUT2D eigenvalue weighted by Gasteiger charge is 2.29. The lowest BCUT2D eigenvalue weighted by Gasteiger charge is -2.13. The molecule has 4 nitrogen and oxygen atoms in total. The highest BCUT2D eigenvalue weighted by Crippen LogP contribution is 2.53. The standard InChI is InChI=1S/C49H27N3O/c1-2-11-32-25-33(23-19-28(32)9-1)47-50-48(34-24-22-30-21-20-29-10-3-4-14-35(29)39(30)26-34)52-49(51-47)41-27-40-36-16-7-12-31-13-8-17-38(43(31)36)45(40)46-44(41)37-15-5-6-18-42(37)53-46/h1-27H. The zero-order chi connectivity index (χ0) is 34.6. The molecule has 0 amide bonds. The highest BCUT2D eigenvalue weighted by atomic mass is 16.3. The van der Waals surface area contributed by atoms with Crippen molar-refractivity contribution in [2.24, 2.45) is 0 Å². The van der Waals surface area contributed by atoms with E-state index in [1.54, 1.807) is 0 Å². The smallest absolute Gasteiger partial charge is 0.164 e. The predicted molar refractivity (Wildman–Crippen MR) is 218 cm³/mol. The van der Waals surface area contributed by atoms with E-state index in [1.165, 1.54) is 48.8 Å². The van der Waals surface area contributed by atoms with E-state index in [1.807, 2.05) is 12.1 Å². The number of benzene rings is 9. The maximum Gasteiger partial charge on any atom is 0.164 e. The second-order valence-corrected chi connectivity index (χ2v) is 13.9. The number of rotatable bonds is 3. The van der Waals surface area contributed by atoms with Crippen molar-refractivity contribution >= 4 is 65.0 Å². The fourth-order valence-electron chi connectivity index (χ4n) is 8.55. The Morgan fingerprint density at radius 1 is 0.340 bits per heavy atom. The van der Waals surface area contributed by atoms with Crippen LogP contribution in [0, 0.1) is 0 Å². The quantitative estimate of drug-likeness (QED) is 0.175. The van der Waals surface area contributed by atoms with Crippen molar-refractivity contribution in [3.63, 3.8) is 0 Å². The van der Waals surface area contributed by atoms with Gasteiger partial charge in [0.25, 0.3) is 0 Å². The fraction of sp³-hybridized carbons (Fsp3) is 0. The summed E-state index contributed by atoms with van der Waals surface area (Å²) in [6.07, 6.45) is 0. The number of fused-ring (bicyclic) bond motifs is 11. The van der Waals surface area contributed by atoms with Crippen LogP contribution in [0.1, 0.15) is 0 Å². The summed E-state index contributed by atoms with van der Waals surface area (Å²) in [6.45, 7) is 0. The minimum absolute atomic E-state index is 0.610. The van der Waals surface area contributed by atoms with Crippen LogP contribution in [-0.4, -0.2) is 15.0 Å². The highest BCUT2D eigenvalue weighted by molar-refractivity contribution is 6.26. The lowest BCUT2D eigenvalue weighted by atomic mass is 9.95. The molecule has 2 heterocycles. The molecule has 0 fully saturated rings. The monoisotopic (exact) mass is 673 g/mol. The van der Waals surface area contributed by atoms with Crippen LogP contribution in [-0.2, 0) is 0 Å². The van der Waals surface area contributed by atoms with Crippen molar-refractivity contribution in [2.45, 2.75) is 0 Å². The van der Waals surface area contributed by atoms with Crippen LogP contribution in [0.3, 0.4) is 0 Å².